The van der Waals surface area contributed by atoms with Crippen LogP contribution >= 0.6 is 15.9 Å². The van der Waals surface area contributed by atoms with Gasteiger partial charge in [-0.3, -0.25) is 0 Å². The van der Waals surface area contributed by atoms with Gasteiger partial charge in [0.1, 0.15) is 5.82 Å². The van der Waals surface area contributed by atoms with Crippen LogP contribution in [0.1, 0.15) is 57.4 Å². The van der Waals surface area contributed by atoms with Crippen molar-refractivity contribution in [3.63, 3.8) is 0 Å². The van der Waals surface area contributed by atoms with Gasteiger partial charge < -0.3 is 5.11 Å². The van der Waals surface area contributed by atoms with Gasteiger partial charge in [-0.2, -0.15) is 0 Å². The van der Waals surface area contributed by atoms with Crippen molar-refractivity contribution in [2.75, 3.05) is 6.61 Å². The van der Waals surface area contributed by atoms with E-state index in [0.29, 0.717) is 6.42 Å². The number of rotatable bonds is 6. The van der Waals surface area contributed by atoms with Gasteiger partial charge in [-0.25, -0.2) is 4.39 Å². The minimum absolute atomic E-state index is 0.121. The van der Waals surface area contributed by atoms with E-state index in [2.05, 4.69) is 22.9 Å². The van der Waals surface area contributed by atoms with Crippen molar-refractivity contribution in [2.45, 2.75) is 58.3 Å². The minimum Gasteiger partial charge on any atom is -0.396 e. The maximum Gasteiger partial charge on any atom is 0.126 e. The molecule has 0 aliphatic heterocycles. The van der Waals surface area contributed by atoms with Gasteiger partial charge in [0.2, 0.25) is 0 Å². The molecule has 1 aliphatic rings. The SMILES string of the molecule is CCCCC1CCC(CO)(Cc2cc(Br)ccc2F)CC1. The fourth-order valence-electron chi connectivity index (χ4n) is 3.55. The standard InChI is InChI=1S/C18H26BrFO/c1-2-3-4-14-7-9-18(13-21,10-8-14)12-15-11-16(19)5-6-17(15)20/h5-6,11,14,21H,2-4,7-10,12-13H2,1H3. The van der Waals surface area contributed by atoms with Gasteiger partial charge in [-0.15, -0.1) is 0 Å². The minimum atomic E-state index is -0.154. The van der Waals surface area contributed by atoms with Crippen molar-refractivity contribution in [3.05, 3.63) is 34.1 Å². The summed E-state index contributed by atoms with van der Waals surface area (Å²) in [6, 6.07) is 5.10. The molecule has 118 valence electrons. The highest BCUT2D eigenvalue weighted by atomic mass is 79.9. The topological polar surface area (TPSA) is 20.2 Å². The fraction of sp³-hybridized carbons (Fsp3) is 0.667. The Labute approximate surface area is 136 Å². The highest BCUT2D eigenvalue weighted by molar-refractivity contribution is 9.10. The van der Waals surface area contributed by atoms with E-state index in [-0.39, 0.29) is 17.8 Å². The zero-order chi connectivity index (χ0) is 15.3. The normalized spacial score (nSPS) is 26.0. The van der Waals surface area contributed by atoms with E-state index in [1.54, 1.807) is 6.07 Å². The third kappa shape index (κ3) is 4.53. The van der Waals surface area contributed by atoms with Crippen molar-refractivity contribution in [3.8, 4) is 0 Å². The quantitative estimate of drug-likeness (QED) is 0.714. The van der Waals surface area contributed by atoms with Crippen LogP contribution in [0.3, 0.4) is 0 Å². The summed E-state index contributed by atoms with van der Waals surface area (Å²) in [5.41, 5.74) is 0.607. The molecule has 0 aromatic heterocycles. The Morgan fingerprint density at radius 2 is 2.05 bits per heavy atom. The summed E-state index contributed by atoms with van der Waals surface area (Å²) in [6.07, 6.45) is 8.90. The maximum atomic E-state index is 14.0. The predicted molar refractivity (Wildman–Crippen MR) is 88.8 cm³/mol. The van der Waals surface area contributed by atoms with E-state index >= 15 is 0 Å². The van der Waals surface area contributed by atoms with Gasteiger partial charge in [0.05, 0.1) is 0 Å². The Morgan fingerprint density at radius 3 is 2.67 bits per heavy atom. The van der Waals surface area contributed by atoms with E-state index in [4.69, 9.17) is 0 Å². The molecule has 1 aromatic carbocycles. The molecule has 0 unspecified atom stereocenters. The van der Waals surface area contributed by atoms with Crippen molar-refractivity contribution in [1.29, 1.82) is 0 Å². The highest BCUT2D eigenvalue weighted by Gasteiger charge is 2.35. The molecule has 21 heavy (non-hydrogen) atoms. The van der Waals surface area contributed by atoms with E-state index < -0.39 is 0 Å². The Hall–Kier alpha value is -0.410. The molecule has 0 amide bonds. The van der Waals surface area contributed by atoms with Crippen molar-refractivity contribution < 1.29 is 9.50 Å². The number of hydrogen-bond acceptors (Lipinski definition) is 1. The van der Waals surface area contributed by atoms with E-state index in [1.165, 1.54) is 38.2 Å². The van der Waals surface area contributed by atoms with Gasteiger partial charge in [-0.1, -0.05) is 42.1 Å². The predicted octanol–water partition coefficient (Wildman–Crippen LogP) is 5.49. The van der Waals surface area contributed by atoms with Gasteiger partial charge in [-0.05, 0) is 67.2 Å². The smallest absolute Gasteiger partial charge is 0.126 e. The lowest BCUT2D eigenvalue weighted by Crippen LogP contribution is -2.33. The number of aliphatic hydroxyl groups excluding tert-OH is 1. The fourth-order valence-corrected chi connectivity index (χ4v) is 3.95. The summed E-state index contributed by atoms with van der Waals surface area (Å²) in [7, 11) is 0. The Morgan fingerprint density at radius 1 is 1.33 bits per heavy atom. The summed E-state index contributed by atoms with van der Waals surface area (Å²) in [6.45, 7) is 2.40. The number of hydrogen-bond donors (Lipinski definition) is 1. The molecule has 3 heteroatoms. The summed E-state index contributed by atoms with van der Waals surface area (Å²) < 4.78 is 14.9. The summed E-state index contributed by atoms with van der Waals surface area (Å²) in [5, 5.41) is 9.89. The molecule has 0 heterocycles. The summed E-state index contributed by atoms with van der Waals surface area (Å²) in [5.74, 6) is 0.649. The van der Waals surface area contributed by atoms with Gasteiger partial charge in [0.15, 0.2) is 0 Å². The monoisotopic (exact) mass is 356 g/mol. The largest absolute Gasteiger partial charge is 0.396 e. The van der Waals surface area contributed by atoms with Crippen LogP contribution < -0.4 is 0 Å². The molecule has 1 saturated carbocycles. The van der Waals surface area contributed by atoms with Crippen LogP contribution in [0.2, 0.25) is 0 Å². The van der Waals surface area contributed by atoms with Gasteiger partial charge >= 0.3 is 0 Å². The van der Waals surface area contributed by atoms with Crippen LogP contribution in [0.25, 0.3) is 0 Å². The van der Waals surface area contributed by atoms with Crippen LogP contribution in [-0.2, 0) is 6.42 Å². The Balaban J connectivity index is 2.01. The number of benzene rings is 1. The molecular weight excluding hydrogens is 331 g/mol. The molecule has 0 spiro atoms. The lowest BCUT2D eigenvalue weighted by Gasteiger charge is -2.39. The van der Waals surface area contributed by atoms with Gasteiger partial charge in [0.25, 0.3) is 0 Å². The summed E-state index contributed by atoms with van der Waals surface area (Å²) in [4.78, 5) is 0. The molecule has 2 rings (SSSR count). The van der Waals surface area contributed by atoms with E-state index in [1.807, 2.05) is 6.07 Å². The number of halogens is 2. The third-order valence-electron chi connectivity index (χ3n) is 5.04. The van der Waals surface area contributed by atoms with Crippen LogP contribution in [0.5, 0.6) is 0 Å². The third-order valence-corrected chi connectivity index (χ3v) is 5.53. The molecule has 0 bridgehead atoms. The number of aliphatic hydroxyl groups is 1. The molecule has 1 fully saturated rings. The van der Waals surface area contributed by atoms with E-state index in [9.17, 15) is 9.50 Å². The summed E-state index contributed by atoms with van der Waals surface area (Å²) >= 11 is 3.41. The van der Waals surface area contributed by atoms with Crippen molar-refractivity contribution >= 4 is 15.9 Å². The molecule has 1 aliphatic carbocycles. The second-order valence-electron chi connectivity index (χ2n) is 6.66. The maximum absolute atomic E-state index is 14.0. The lowest BCUT2D eigenvalue weighted by atomic mass is 9.67. The molecule has 1 aromatic rings. The first kappa shape index (κ1) is 17.0. The molecule has 1 nitrogen and oxygen atoms in total. The first-order valence-corrected chi connectivity index (χ1v) is 8.92. The molecular formula is C18H26BrFO. The van der Waals surface area contributed by atoms with E-state index in [0.717, 1.165) is 28.8 Å². The Bertz CT molecular complexity index is 453. The number of unbranched alkanes of at least 4 members (excludes halogenated alkanes) is 1. The first-order valence-electron chi connectivity index (χ1n) is 8.13. The van der Waals surface area contributed by atoms with Crippen LogP contribution in [0.4, 0.5) is 4.39 Å². The lowest BCUT2D eigenvalue weighted by molar-refractivity contribution is 0.0613. The second kappa shape index (κ2) is 7.73. The van der Waals surface area contributed by atoms with Crippen LogP contribution in [-0.4, -0.2) is 11.7 Å². The zero-order valence-electron chi connectivity index (χ0n) is 12.9. The van der Waals surface area contributed by atoms with Crippen LogP contribution in [0.15, 0.2) is 22.7 Å². The average molecular weight is 357 g/mol. The zero-order valence-corrected chi connectivity index (χ0v) is 14.5. The first-order chi connectivity index (χ1) is 10.1. The van der Waals surface area contributed by atoms with Crippen LogP contribution in [0, 0.1) is 17.2 Å². The average Bonchev–Trinajstić information content (AvgIpc) is 2.50. The van der Waals surface area contributed by atoms with Crippen molar-refractivity contribution in [1.82, 2.24) is 0 Å². The Kier molecular flexibility index (Phi) is 6.24. The second-order valence-corrected chi connectivity index (χ2v) is 7.57. The molecule has 0 radical (unpaired) electrons. The molecule has 0 saturated heterocycles. The van der Waals surface area contributed by atoms with Gasteiger partial charge in [0, 0.05) is 11.1 Å². The van der Waals surface area contributed by atoms with Crippen molar-refractivity contribution in [2.24, 2.45) is 11.3 Å². The highest BCUT2D eigenvalue weighted by Crippen LogP contribution is 2.43. The molecule has 0 atom stereocenters. The molecule has 1 N–H and O–H groups in total.